The van der Waals surface area contributed by atoms with Crippen LogP contribution in [0.1, 0.15) is 16.2 Å². The summed E-state index contributed by atoms with van der Waals surface area (Å²) in [6.45, 7) is 1.85. The molecule has 0 aliphatic carbocycles. The number of hydrogen-bond donors (Lipinski definition) is 3. The molecule has 11 heteroatoms. The van der Waals surface area contributed by atoms with Gasteiger partial charge in [-0.1, -0.05) is 18.2 Å². The smallest absolute Gasteiger partial charge is 0.355 e. The van der Waals surface area contributed by atoms with Crippen LogP contribution in [0.2, 0.25) is 0 Å². The summed E-state index contributed by atoms with van der Waals surface area (Å²) in [7, 11) is 0. The van der Waals surface area contributed by atoms with Gasteiger partial charge in [-0.2, -0.15) is 0 Å². The Kier molecular flexibility index (Phi) is 4.91. The number of benzene rings is 1. The van der Waals surface area contributed by atoms with Crippen molar-refractivity contribution in [2.24, 2.45) is 0 Å². The number of fused-ring (bicyclic) bond motifs is 1. The van der Waals surface area contributed by atoms with Crippen molar-refractivity contribution in [3.8, 4) is 0 Å². The van der Waals surface area contributed by atoms with Crippen molar-refractivity contribution in [3.63, 3.8) is 0 Å². The van der Waals surface area contributed by atoms with Gasteiger partial charge < -0.3 is 9.73 Å². The van der Waals surface area contributed by atoms with E-state index in [0.29, 0.717) is 11.2 Å². The summed E-state index contributed by atoms with van der Waals surface area (Å²) in [6.07, 6.45) is 2.48. The zero-order chi connectivity index (χ0) is 21.1. The lowest BCUT2D eigenvalue weighted by molar-refractivity contribution is -0.383. The second-order valence-electron chi connectivity index (χ2n) is 6.19. The monoisotopic (exact) mass is 405 g/mol. The summed E-state index contributed by atoms with van der Waals surface area (Å²) in [5.74, 6) is -0.826. The molecule has 3 heterocycles. The van der Waals surface area contributed by atoms with Crippen molar-refractivity contribution in [1.82, 2.24) is 20.4 Å². The quantitative estimate of drug-likeness (QED) is 0.324. The number of nitrogens with one attached hydrogen (secondary N) is 3. The first kappa shape index (κ1) is 18.8. The molecule has 0 radical (unpaired) electrons. The number of pyridine rings is 1. The van der Waals surface area contributed by atoms with Crippen LogP contribution in [0.3, 0.4) is 0 Å². The number of furan rings is 1. The Bertz CT molecular complexity index is 1240. The van der Waals surface area contributed by atoms with Gasteiger partial charge in [0.05, 0.1) is 22.4 Å². The van der Waals surface area contributed by atoms with E-state index in [2.05, 4.69) is 31.1 Å². The molecule has 0 aliphatic rings. The molecule has 3 N–H and O–H groups in total. The normalized spacial score (nSPS) is 10.6. The molecule has 30 heavy (non-hydrogen) atoms. The molecule has 0 saturated heterocycles. The van der Waals surface area contributed by atoms with E-state index >= 15 is 0 Å². The number of carbonyl (C=O) groups is 1. The van der Waals surface area contributed by atoms with Crippen molar-refractivity contribution in [2.45, 2.75) is 6.92 Å². The van der Waals surface area contributed by atoms with Crippen molar-refractivity contribution < 1.29 is 14.1 Å². The number of nitrogens with zero attached hydrogens (tertiary/aromatic N) is 4. The van der Waals surface area contributed by atoms with Gasteiger partial charge in [-0.3, -0.25) is 30.7 Å². The summed E-state index contributed by atoms with van der Waals surface area (Å²) in [6, 6.07) is 12.2. The molecule has 1 amide bonds. The first-order valence-electron chi connectivity index (χ1n) is 8.75. The molecule has 1 aromatic carbocycles. The second-order valence-corrected chi connectivity index (χ2v) is 6.19. The van der Waals surface area contributed by atoms with Crippen molar-refractivity contribution in [3.05, 3.63) is 76.6 Å². The number of hydrogen-bond acceptors (Lipinski definition) is 9. The minimum absolute atomic E-state index is 0.0368. The maximum atomic E-state index is 12.0. The lowest BCUT2D eigenvalue weighted by Gasteiger charge is -2.11. The number of hydrazine groups is 1. The highest BCUT2D eigenvalue weighted by Gasteiger charge is 2.24. The highest BCUT2D eigenvalue weighted by atomic mass is 16.6. The largest absolute Gasteiger partial charge is 0.459 e. The number of amides is 1. The zero-order valence-electron chi connectivity index (χ0n) is 15.6. The van der Waals surface area contributed by atoms with Crippen LogP contribution >= 0.6 is 0 Å². The van der Waals surface area contributed by atoms with E-state index in [-0.39, 0.29) is 17.4 Å². The van der Waals surface area contributed by atoms with Crippen LogP contribution in [0.5, 0.6) is 0 Å². The van der Waals surface area contributed by atoms with Gasteiger partial charge in [0.25, 0.3) is 0 Å². The van der Waals surface area contributed by atoms with Crippen LogP contribution in [0.4, 0.5) is 23.0 Å². The van der Waals surface area contributed by atoms with E-state index in [9.17, 15) is 14.9 Å². The average molecular weight is 405 g/mol. The first-order valence-corrected chi connectivity index (χ1v) is 8.75. The number of para-hydroxylation sites is 1. The number of rotatable bonds is 6. The molecule has 4 rings (SSSR count). The van der Waals surface area contributed by atoms with Crippen molar-refractivity contribution >= 4 is 39.8 Å². The van der Waals surface area contributed by atoms with Gasteiger partial charge in [-0.25, -0.2) is 9.97 Å². The van der Waals surface area contributed by atoms with E-state index in [0.717, 1.165) is 17.4 Å². The highest BCUT2D eigenvalue weighted by molar-refractivity contribution is 5.94. The van der Waals surface area contributed by atoms with Crippen LogP contribution in [0, 0.1) is 17.0 Å². The molecule has 0 fully saturated rings. The van der Waals surface area contributed by atoms with Gasteiger partial charge in [0.1, 0.15) is 6.33 Å². The molecule has 0 aliphatic heterocycles. The second kappa shape index (κ2) is 7.83. The summed E-state index contributed by atoms with van der Waals surface area (Å²) in [5, 5.41) is 15.5. The number of carbonyl (C=O) groups excluding carboxylic acids is 1. The minimum atomic E-state index is -0.645. The number of nitro groups is 1. The van der Waals surface area contributed by atoms with Gasteiger partial charge in [0, 0.05) is 11.1 Å². The lowest BCUT2D eigenvalue weighted by atomic mass is 10.1. The van der Waals surface area contributed by atoms with E-state index in [1.54, 1.807) is 18.2 Å². The number of aryl methyl sites for hydroxylation is 1. The van der Waals surface area contributed by atoms with E-state index in [1.807, 2.05) is 25.1 Å². The summed E-state index contributed by atoms with van der Waals surface area (Å²) in [5.41, 5.74) is 6.30. The fourth-order valence-corrected chi connectivity index (χ4v) is 2.79. The molecule has 0 bridgehead atoms. The molecule has 4 aromatic rings. The molecular formula is C19H15N7O4. The molecule has 0 spiro atoms. The van der Waals surface area contributed by atoms with E-state index in [4.69, 9.17) is 4.42 Å². The standard InChI is InChI=1S/C19H15N7O4/c1-11-7-8-12-4-2-5-13(15(12)22-11)23-17-16(26(28)29)18(21-10-20-17)24-25-19(27)14-6-3-9-30-14/h2-10H,1H3,(H,25,27)(H2,20,21,23,24). The predicted octanol–water partition coefficient (Wildman–Crippen LogP) is 3.33. The van der Waals surface area contributed by atoms with E-state index < -0.39 is 16.5 Å². The van der Waals surface area contributed by atoms with Gasteiger partial charge in [-0.05, 0) is 31.2 Å². The Morgan fingerprint density at radius 1 is 1.10 bits per heavy atom. The summed E-state index contributed by atoms with van der Waals surface area (Å²) >= 11 is 0. The molecular weight excluding hydrogens is 390 g/mol. The zero-order valence-corrected chi connectivity index (χ0v) is 15.6. The van der Waals surface area contributed by atoms with Gasteiger partial charge in [-0.15, -0.1) is 0 Å². The Balaban J connectivity index is 1.66. The Labute approximate surface area is 169 Å². The van der Waals surface area contributed by atoms with Gasteiger partial charge >= 0.3 is 11.6 Å². The van der Waals surface area contributed by atoms with Crippen LogP contribution < -0.4 is 16.2 Å². The van der Waals surface area contributed by atoms with Crippen molar-refractivity contribution in [2.75, 3.05) is 10.7 Å². The average Bonchev–Trinajstić information content (AvgIpc) is 3.27. The molecule has 0 atom stereocenters. The van der Waals surface area contributed by atoms with Crippen LogP contribution in [-0.4, -0.2) is 25.8 Å². The third-order valence-electron chi connectivity index (χ3n) is 4.16. The molecule has 11 nitrogen and oxygen atoms in total. The predicted molar refractivity (Wildman–Crippen MR) is 108 cm³/mol. The molecule has 150 valence electrons. The Hall–Kier alpha value is -4.54. The number of aromatic nitrogens is 3. The highest BCUT2D eigenvalue weighted by Crippen LogP contribution is 2.32. The fourth-order valence-electron chi connectivity index (χ4n) is 2.79. The third-order valence-corrected chi connectivity index (χ3v) is 4.16. The summed E-state index contributed by atoms with van der Waals surface area (Å²) in [4.78, 5) is 35.5. The topological polar surface area (TPSA) is 148 Å². The maximum Gasteiger partial charge on any atom is 0.355 e. The molecule has 3 aromatic heterocycles. The van der Waals surface area contributed by atoms with Crippen LogP contribution in [-0.2, 0) is 0 Å². The van der Waals surface area contributed by atoms with Gasteiger partial charge in [0.2, 0.25) is 11.6 Å². The van der Waals surface area contributed by atoms with Crippen LogP contribution in [0.15, 0.2) is 59.5 Å². The van der Waals surface area contributed by atoms with Crippen LogP contribution in [0.25, 0.3) is 10.9 Å². The van der Waals surface area contributed by atoms with Crippen molar-refractivity contribution in [1.29, 1.82) is 0 Å². The fraction of sp³-hybridized carbons (Fsp3) is 0.0526. The summed E-state index contributed by atoms with van der Waals surface area (Å²) < 4.78 is 4.98. The first-order chi connectivity index (χ1) is 14.5. The number of anilines is 3. The molecule has 0 saturated carbocycles. The third kappa shape index (κ3) is 3.71. The Morgan fingerprint density at radius 3 is 2.70 bits per heavy atom. The maximum absolute atomic E-state index is 12.0. The van der Waals surface area contributed by atoms with E-state index in [1.165, 1.54) is 12.3 Å². The lowest BCUT2D eigenvalue weighted by Crippen LogP contribution is -2.30. The minimum Gasteiger partial charge on any atom is -0.459 e. The molecule has 0 unspecified atom stereocenters. The Morgan fingerprint density at radius 2 is 1.93 bits per heavy atom. The van der Waals surface area contributed by atoms with Gasteiger partial charge in [0.15, 0.2) is 5.76 Å². The SMILES string of the molecule is Cc1ccc2cccc(Nc3ncnc(NNC(=O)c4ccco4)c3[N+](=O)[O-])c2n1.